The lowest BCUT2D eigenvalue weighted by Crippen LogP contribution is -2.17. The molecule has 0 atom stereocenters. The maximum absolute atomic E-state index is 5.30. The molecule has 1 saturated heterocycles. The van der Waals surface area contributed by atoms with E-state index in [4.69, 9.17) is 4.74 Å². The lowest BCUT2D eigenvalue weighted by molar-refractivity contribution is 0.1000. The number of hydrogen-bond acceptors (Lipinski definition) is 4. The van der Waals surface area contributed by atoms with Gasteiger partial charge in [-0.3, -0.25) is 0 Å². The highest BCUT2D eigenvalue weighted by molar-refractivity contribution is 14.1. The summed E-state index contributed by atoms with van der Waals surface area (Å²) < 4.78 is 6.38. The Hall–Kier alpha value is 0.120. The molecule has 1 aromatic heterocycles. The molecule has 76 valence electrons. The Labute approximate surface area is 101 Å². The van der Waals surface area contributed by atoms with E-state index in [0.717, 1.165) is 34.8 Å². The second kappa shape index (κ2) is 5.27. The third kappa shape index (κ3) is 3.06. The van der Waals surface area contributed by atoms with E-state index in [1.165, 1.54) is 0 Å². The van der Waals surface area contributed by atoms with Crippen LogP contribution in [-0.4, -0.2) is 28.4 Å². The average molecular weight is 322 g/mol. The Morgan fingerprint density at radius 3 is 2.57 bits per heavy atom. The minimum atomic E-state index is 0.629. The third-order valence-electron chi connectivity index (χ3n) is 2.04. The molecule has 3 nitrogen and oxygen atoms in total. The van der Waals surface area contributed by atoms with Crippen LogP contribution in [0.15, 0.2) is 17.6 Å². The molecule has 0 radical (unpaired) electrons. The SMILES string of the molecule is Ic1cnc(SC2CCOCC2)nc1. The van der Waals surface area contributed by atoms with Crippen LogP contribution in [0.25, 0.3) is 0 Å². The number of halogens is 1. The zero-order valence-electron chi connectivity index (χ0n) is 7.65. The van der Waals surface area contributed by atoms with Crippen molar-refractivity contribution in [3.05, 3.63) is 16.0 Å². The van der Waals surface area contributed by atoms with Crippen molar-refractivity contribution in [3.8, 4) is 0 Å². The van der Waals surface area contributed by atoms with E-state index in [-0.39, 0.29) is 0 Å². The van der Waals surface area contributed by atoms with E-state index < -0.39 is 0 Å². The molecule has 2 heterocycles. The molecule has 0 bridgehead atoms. The molecule has 14 heavy (non-hydrogen) atoms. The quantitative estimate of drug-likeness (QED) is 0.618. The van der Waals surface area contributed by atoms with Crippen LogP contribution >= 0.6 is 34.4 Å². The fourth-order valence-corrected chi connectivity index (χ4v) is 2.54. The van der Waals surface area contributed by atoms with Gasteiger partial charge in [0.05, 0.1) is 0 Å². The van der Waals surface area contributed by atoms with E-state index in [1.807, 2.05) is 12.4 Å². The Balaban J connectivity index is 1.92. The van der Waals surface area contributed by atoms with Crippen molar-refractivity contribution in [1.82, 2.24) is 9.97 Å². The summed E-state index contributed by atoms with van der Waals surface area (Å²) in [4.78, 5) is 8.55. The smallest absolute Gasteiger partial charge is 0.187 e. The van der Waals surface area contributed by atoms with Crippen molar-refractivity contribution in [3.63, 3.8) is 0 Å². The zero-order valence-corrected chi connectivity index (χ0v) is 10.6. The summed E-state index contributed by atoms with van der Waals surface area (Å²) in [5.74, 6) is 0. The standard InChI is InChI=1S/C9H11IN2OS/c10-7-5-11-9(12-6-7)14-8-1-3-13-4-2-8/h5-6,8H,1-4H2. The summed E-state index contributed by atoms with van der Waals surface area (Å²) in [6.45, 7) is 1.75. The van der Waals surface area contributed by atoms with E-state index in [2.05, 4.69) is 32.6 Å². The first-order valence-corrected chi connectivity index (χ1v) is 6.52. The number of nitrogens with zero attached hydrogens (tertiary/aromatic N) is 2. The fourth-order valence-electron chi connectivity index (χ4n) is 1.30. The van der Waals surface area contributed by atoms with Gasteiger partial charge in [0.1, 0.15) is 0 Å². The van der Waals surface area contributed by atoms with Crippen LogP contribution < -0.4 is 0 Å². The normalized spacial score (nSPS) is 18.4. The van der Waals surface area contributed by atoms with Gasteiger partial charge in [0.25, 0.3) is 0 Å². The summed E-state index contributed by atoms with van der Waals surface area (Å²) in [5.41, 5.74) is 0. The van der Waals surface area contributed by atoms with Gasteiger partial charge in [0.2, 0.25) is 0 Å². The van der Waals surface area contributed by atoms with E-state index in [0.29, 0.717) is 5.25 Å². The van der Waals surface area contributed by atoms with Crippen LogP contribution in [-0.2, 0) is 4.74 Å². The highest BCUT2D eigenvalue weighted by Gasteiger charge is 2.15. The molecular weight excluding hydrogens is 311 g/mol. The number of aromatic nitrogens is 2. The van der Waals surface area contributed by atoms with Crippen LogP contribution in [0.4, 0.5) is 0 Å². The predicted molar refractivity (Wildman–Crippen MR) is 64.4 cm³/mol. The van der Waals surface area contributed by atoms with Gasteiger partial charge >= 0.3 is 0 Å². The number of thioether (sulfide) groups is 1. The Morgan fingerprint density at radius 1 is 1.29 bits per heavy atom. The van der Waals surface area contributed by atoms with Crippen LogP contribution in [0.5, 0.6) is 0 Å². The average Bonchev–Trinajstić information content (AvgIpc) is 2.23. The van der Waals surface area contributed by atoms with Crippen molar-refractivity contribution < 1.29 is 4.74 Å². The van der Waals surface area contributed by atoms with Crippen molar-refractivity contribution in [2.24, 2.45) is 0 Å². The fraction of sp³-hybridized carbons (Fsp3) is 0.556. The van der Waals surface area contributed by atoms with Gasteiger partial charge in [-0.2, -0.15) is 0 Å². The molecule has 1 fully saturated rings. The monoisotopic (exact) mass is 322 g/mol. The first kappa shape index (κ1) is 10.6. The topological polar surface area (TPSA) is 35.0 Å². The minimum Gasteiger partial charge on any atom is -0.381 e. The van der Waals surface area contributed by atoms with Crippen LogP contribution in [0.2, 0.25) is 0 Å². The largest absolute Gasteiger partial charge is 0.381 e. The van der Waals surface area contributed by atoms with Crippen molar-refractivity contribution in [1.29, 1.82) is 0 Å². The summed E-state index contributed by atoms with van der Waals surface area (Å²) in [5, 5.41) is 1.51. The predicted octanol–water partition coefficient (Wildman–Crippen LogP) is 2.35. The van der Waals surface area contributed by atoms with Gasteiger partial charge in [0, 0.05) is 34.4 Å². The highest BCUT2D eigenvalue weighted by atomic mass is 127. The van der Waals surface area contributed by atoms with Gasteiger partial charge in [-0.1, -0.05) is 11.8 Å². The lowest BCUT2D eigenvalue weighted by atomic mass is 10.2. The molecule has 2 rings (SSSR count). The first-order chi connectivity index (χ1) is 6.84. The third-order valence-corrected chi connectivity index (χ3v) is 3.82. The molecule has 0 aromatic carbocycles. The Bertz CT molecular complexity index is 287. The van der Waals surface area contributed by atoms with E-state index >= 15 is 0 Å². The molecular formula is C9H11IN2OS. The van der Waals surface area contributed by atoms with Crippen molar-refractivity contribution in [2.45, 2.75) is 23.2 Å². The number of rotatable bonds is 2. The molecule has 0 saturated carbocycles. The van der Waals surface area contributed by atoms with E-state index in [1.54, 1.807) is 11.8 Å². The Morgan fingerprint density at radius 2 is 1.93 bits per heavy atom. The summed E-state index contributed by atoms with van der Waals surface area (Å²) in [6.07, 6.45) is 5.93. The van der Waals surface area contributed by atoms with Gasteiger partial charge in [-0.05, 0) is 35.4 Å². The molecule has 0 amide bonds. The molecule has 0 aliphatic carbocycles. The molecule has 1 aromatic rings. The van der Waals surface area contributed by atoms with Crippen molar-refractivity contribution in [2.75, 3.05) is 13.2 Å². The summed E-state index contributed by atoms with van der Waals surface area (Å²) in [7, 11) is 0. The molecule has 0 unspecified atom stereocenters. The first-order valence-electron chi connectivity index (χ1n) is 4.56. The molecule has 1 aliphatic rings. The summed E-state index contributed by atoms with van der Waals surface area (Å²) >= 11 is 3.98. The highest BCUT2D eigenvalue weighted by Crippen LogP contribution is 2.26. The molecule has 1 aliphatic heterocycles. The maximum Gasteiger partial charge on any atom is 0.187 e. The maximum atomic E-state index is 5.30. The Kier molecular flexibility index (Phi) is 4.00. The van der Waals surface area contributed by atoms with E-state index in [9.17, 15) is 0 Å². The van der Waals surface area contributed by atoms with Crippen LogP contribution in [0, 0.1) is 3.57 Å². The second-order valence-electron chi connectivity index (χ2n) is 3.11. The second-order valence-corrected chi connectivity index (χ2v) is 5.63. The van der Waals surface area contributed by atoms with Gasteiger partial charge in [-0.25, -0.2) is 9.97 Å². The van der Waals surface area contributed by atoms with Gasteiger partial charge < -0.3 is 4.74 Å². The van der Waals surface area contributed by atoms with Crippen LogP contribution in [0.3, 0.4) is 0 Å². The minimum absolute atomic E-state index is 0.629. The molecule has 0 N–H and O–H groups in total. The zero-order chi connectivity index (χ0) is 9.80. The number of hydrogen-bond donors (Lipinski definition) is 0. The summed E-state index contributed by atoms with van der Waals surface area (Å²) in [6, 6.07) is 0. The lowest BCUT2D eigenvalue weighted by Gasteiger charge is -2.20. The molecule has 5 heteroatoms. The molecule has 0 spiro atoms. The van der Waals surface area contributed by atoms with Crippen molar-refractivity contribution >= 4 is 34.4 Å². The number of ether oxygens (including phenoxy) is 1. The van der Waals surface area contributed by atoms with Crippen LogP contribution in [0.1, 0.15) is 12.8 Å². The van der Waals surface area contributed by atoms with Gasteiger partial charge in [0.15, 0.2) is 5.16 Å². The van der Waals surface area contributed by atoms with Gasteiger partial charge in [-0.15, -0.1) is 0 Å².